The fourth-order valence-corrected chi connectivity index (χ4v) is 3.12. The molecule has 1 aliphatic heterocycles. The summed E-state index contributed by atoms with van der Waals surface area (Å²) in [5, 5.41) is 6.92. The van der Waals surface area contributed by atoms with Gasteiger partial charge in [0.25, 0.3) is 0 Å². The van der Waals surface area contributed by atoms with E-state index in [1.165, 1.54) is 11.8 Å². The van der Waals surface area contributed by atoms with Gasteiger partial charge < -0.3 is 25.5 Å². The van der Waals surface area contributed by atoms with Gasteiger partial charge in [-0.1, -0.05) is 64.4 Å². The Morgan fingerprint density at radius 1 is 1.15 bits per heavy atom. The van der Waals surface area contributed by atoms with Gasteiger partial charge in [-0.05, 0) is 18.9 Å². The van der Waals surface area contributed by atoms with Crippen molar-refractivity contribution in [1.82, 2.24) is 9.88 Å². The largest absolute Gasteiger partial charge is 0.492 e. The first-order valence-electron chi connectivity index (χ1n) is 12.5. The molecule has 0 amide bonds. The zero-order chi connectivity index (χ0) is 25.8. The molecule has 3 N–H and O–H groups in total. The van der Waals surface area contributed by atoms with Gasteiger partial charge in [0.2, 0.25) is 0 Å². The first kappa shape index (κ1) is 31.4. The number of aryl methyl sites for hydroxylation is 1. The Labute approximate surface area is 207 Å². The quantitative estimate of drug-likeness (QED) is 0.508. The molecule has 0 aliphatic carbocycles. The Bertz CT molecular complexity index is 779. The van der Waals surface area contributed by atoms with Crippen molar-refractivity contribution in [2.75, 3.05) is 63.7 Å². The molecule has 3 rings (SSSR count). The molecule has 0 bridgehead atoms. The lowest BCUT2D eigenvalue weighted by atomic mass is 10.2. The van der Waals surface area contributed by atoms with Crippen LogP contribution < -0.4 is 15.4 Å². The van der Waals surface area contributed by atoms with Crippen LogP contribution in [0.4, 0.5) is 11.6 Å². The highest BCUT2D eigenvalue weighted by atomic mass is 16.5. The van der Waals surface area contributed by atoms with Crippen LogP contribution in [0.5, 0.6) is 5.75 Å². The smallest absolute Gasteiger partial charge is 0.134 e. The molecule has 0 radical (unpaired) electrons. The number of hydrogen-bond donors (Lipinski definition) is 2. The molecule has 7 nitrogen and oxygen atoms in total. The molecule has 1 fully saturated rings. The van der Waals surface area contributed by atoms with Crippen LogP contribution in [0, 0.1) is 12.3 Å². The van der Waals surface area contributed by atoms with Gasteiger partial charge in [0, 0.05) is 51.6 Å². The molecular weight excluding hydrogens is 426 g/mol. The van der Waals surface area contributed by atoms with Crippen molar-refractivity contribution in [2.45, 2.75) is 48.0 Å². The third-order valence-corrected chi connectivity index (χ3v) is 4.74. The Kier molecular flexibility index (Phi) is 18.3. The molecule has 1 aliphatic rings. The topological polar surface area (TPSA) is 87.7 Å². The lowest BCUT2D eigenvalue weighted by Gasteiger charge is -2.26. The highest BCUT2D eigenvalue weighted by Gasteiger charge is 2.10. The highest BCUT2D eigenvalue weighted by Crippen LogP contribution is 2.21. The van der Waals surface area contributed by atoms with Gasteiger partial charge in [0.15, 0.2) is 0 Å². The molecule has 34 heavy (non-hydrogen) atoms. The number of rotatable bonds is 8. The molecule has 0 spiro atoms. The maximum atomic E-state index is 6.92. The summed E-state index contributed by atoms with van der Waals surface area (Å²) in [6, 6.07) is 11.6. The molecule has 2 heterocycles. The standard InChI is InChI=1S/C15H26N4O2.C8H9N.2C2H6/c1-3-4-18(2)15-12-13(11-14(16)17-15)21-10-7-19-5-8-20-9-6-19;1-7-3-2-4-8(5-7)6-9;2*1-2/h11-12H,3-10H2,1-2H3,(H2,16,17);2-6,9H,1H3;2*1-2H3. The van der Waals surface area contributed by atoms with Crippen LogP contribution in [0.15, 0.2) is 36.4 Å². The molecule has 192 valence electrons. The predicted octanol–water partition coefficient (Wildman–Crippen LogP) is 5.27. The second-order valence-electron chi connectivity index (χ2n) is 7.37. The average Bonchev–Trinajstić information content (AvgIpc) is 2.87. The third-order valence-electron chi connectivity index (χ3n) is 4.74. The summed E-state index contributed by atoms with van der Waals surface area (Å²) in [6.45, 7) is 18.3. The van der Waals surface area contributed by atoms with E-state index in [1.807, 2.05) is 72.0 Å². The summed E-state index contributed by atoms with van der Waals surface area (Å²) in [6.07, 6.45) is 2.42. The molecule has 1 saturated heterocycles. The number of nitrogens with two attached hydrogens (primary N) is 1. The van der Waals surface area contributed by atoms with E-state index in [2.05, 4.69) is 21.7 Å². The number of nitrogens with one attached hydrogen (secondary N) is 1. The highest BCUT2D eigenvalue weighted by molar-refractivity contribution is 5.76. The van der Waals surface area contributed by atoms with Crippen LogP contribution in [0.2, 0.25) is 0 Å². The van der Waals surface area contributed by atoms with E-state index in [1.54, 1.807) is 6.07 Å². The fourth-order valence-electron chi connectivity index (χ4n) is 3.12. The lowest BCUT2D eigenvalue weighted by molar-refractivity contribution is 0.0322. The van der Waals surface area contributed by atoms with Crippen LogP contribution in [0.25, 0.3) is 0 Å². The SMILES string of the molecule is CC.CC.CCCN(C)c1cc(OCCN2CCOCC2)cc(N)n1.Cc1cccc(C=N)c1. The van der Waals surface area contributed by atoms with Crippen LogP contribution in [0.3, 0.4) is 0 Å². The molecule has 1 aromatic heterocycles. The van der Waals surface area contributed by atoms with Crippen LogP contribution >= 0.6 is 0 Å². The molecule has 1 aromatic carbocycles. The van der Waals surface area contributed by atoms with Gasteiger partial charge in [-0.15, -0.1) is 0 Å². The number of anilines is 2. The van der Waals surface area contributed by atoms with E-state index >= 15 is 0 Å². The Morgan fingerprint density at radius 2 is 1.82 bits per heavy atom. The van der Waals surface area contributed by atoms with Crippen molar-refractivity contribution in [3.8, 4) is 5.75 Å². The van der Waals surface area contributed by atoms with Gasteiger partial charge in [0.05, 0.1) is 13.2 Å². The fraction of sp³-hybridized carbons (Fsp3) is 0.556. The molecule has 0 unspecified atom stereocenters. The molecular formula is C27H47N5O2. The van der Waals surface area contributed by atoms with Gasteiger partial charge >= 0.3 is 0 Å². The lowest BCUT2D eigenvalue weighted by Crippen LogP contribution is -2.38. The molecule has 7 heteroatoms. The number of pyridine rings is 1. The van der Waals surface area contributed by atoms with Crippen molar-refractivity contribution in [1.29, 1.82) is 5.41 Å². The van der Waals surface area contributed by atoms with Crippen molar-refractivity contribution in [3.63, 3.8) is 0 Å². The number of benzene rings is 1. The first-order chi connectivity index (χ1) is 16.5. The molecule has 0 atom stereocenters. The minimum absolute atomic E-state index is 0.497. The summed E-state index contributed by atoms with van der Waals surface area (Å²) >= 11 is 0. The monoisotopic (exact) mass is 473 g/mol. The second kappa shape index (κ2) is 19.8. The van der Waals surface area contributed by atoms with Crippen LogP contribution in [-0.4, -0.2) is 69.1 Å². The summed E-state index contributed by atoms with van der Waals surface area (Å²) < 4.78 is 11.2. The Balaban J connectivity index is 0.000000698. The van der Waals surface area contributed by atoms with E-state index in [9.17, 15) is 0 Å². The number of morpholine rings is 1. The normalized spacial score (nSPS) is 12.6. The van der Waals surface area contributed by atoms with E-state index in [-0.39, 0.29) is 0 Å². The number of nitrogen functional groups attached to an aromatic ring is 1. The van der Waals surface area contributed by atoms with Crippen molar-refractivity contribution in [3.05, 3.63) is 47.5 Å². The van der Waals surface area contributed by atoms with E-state index < -0.39 is 0 Å². The van der Waals surface area contributed by atoms with Crippen LogP contribution in [-0.2, 0) is 4.74 Å². The van der Waals surface area contributed by atoms with Crippen LogP contribution in [0.1, 0.15) is 52.2 Å². The number of hydrogen-bond acceptors (Lipinski definition) is 7. The van der Waals surface area contributed by atoms with E-state index in [0.29, 0.717) is 12.4 Å². The van der Waals surface area contributed by atoms with Gasteiger partial charge in [-0.25, -0.2) is 4.98 Å². The summed E-state index contributed by atoms with van der Waals surface area (Å²) in [5.74, 6) is 2.14. The molecule has 0 saturated carbocycles. The van der Waals surface area contributed by atoms with Gasteiger partial charge in [0.1, 0.15) is 24.0 Å². The maximum Gasteiger partial charge on any atom is 0.134 e. The summed E-state index contributed by atoms with van der Waals surface area (Å²) in [7, 11) is 2.02. The minimum atomic E-state index is 0.497. The number of aromatic nitrogens is 1. The zero-order valence-electron chi connectivity index (χ0n) is 22.4. The van der Waals surface area contributed by atoms with E-state index in [0.717, 1.165) is 62.9 Å². The molecule has 2 aromatic rings. The van der Waals surface area contributed by atoms with Crippen molar-refractivity contribution < 1.29 is 9.47 Å². The second-order valence-corrected chi connectivity index (χ2v) is 7.37. The number of nitrogens with zero attached hydrogens (tertiary/aromatic N) is 3. The first-order valence-corrected chi connectivity index (χ1v) is 12.5. The van der Waals surface area contributed by atoms with Gasteiger partial charge in [-0.2, -0.15) is 0 Å². The number of ether oxygens (including phenoxy) is 2. The third kappa shape index (κ3) is 13.2. The maximum absolute atomic E-state index is 6.92. The average molecular weight is 474 g/mol. The zero-order valence-corrected chi connectivity index (χ0v) is 22.4. The predicted molar refractivity (Wildman–Crippen MR) is 147 cm³/mol. The van der Waals surface area contributed by atoms with E-state index in [4.69, 9.17) is 20.6 Å². The minimum Gasteiger partial charge on any atom is -0.492 e. The summed E-state index contributed by atoms with van der Waals surface area (Å²) in [4.78, 5) is 8.78. The van der Waals surface area contributed by atoms with Crippen molar-refractivity contribution in [2.24, 2.45) is 0 Å². The van der Waals surface area contributed by atoms with Gasteiger partial charge in [-0.3, -0.25) is 4.90 Å². The van der Waals surface area contributed by atoms with Crippen molar-refractivity contribution >= 4 is 17.9 Å². The Morgan fingerprint density at radius 3 is 2.38 bits per heavy atom. The summed E-state index contributed by atoms with van der Waals surface area (Å²) in [5.41, 5.74) is 8.04. The Hall–Kier alpha value is -2.64.